The molecule has 0 aromatic rings. The second-order valence-electron chi connectivity index (χ2n) is 4.25. The predicted molar refractivity (Wildman–Crippen MR) is 56.2 cm³/mol. The Morgan fingerprint density at radius 1 is 1.73 bits per heavy atom. The van der Waals surface area contributed by atoms with Crippen LogP contribution in [0.2, 0.25) is 0 Å². The van der Waals surface area contributed by atoms with Crippen molar-refractivity contribution < 1.29 is 14.3 Å². The Morgan fingerprint density at radius 3 is 2.87 bits per heavy atom. The molecular formula is C10H20N2O3. The SMILES string of the molecule is CCOC(=O)CC(N)[C@H]1COC(C)(C)N1. The van der Waals surface area contributed by atoms with Gasteiger partial charge in [-0.25, -0.2) is 0 Å². The Morgan fingerprint density at radius 2 is 2.40 bits per heavy atom. The molecule has 0 saturated carbocycles. The Bertz CT molecular complexity index is 231. The van der Waals surface area contributed by atoms with Gasteiger partial charge >= 0.3 is 5.97 Å². The molecule has 0 aromatic heterocycles. The average Bonchev–Trinajstić information content (AvgIpc) is 2.46. The van der Waals surface area contributed by atoms with Gasteiger partial charge < -0.3 is 15.2 Å². The molecule has 5 heteroatoms. The van der Waals surface area contributed by atoms with Gasteiger partial charge in [-0.3, -0.25) is 10.1 Å². The second-order valence-corrected chi connectivity index (χ2v) is 4.25. The Balaban J connectivity index is 2.35. The molecule has 15 heavy (non-hydrogen) atoms. The third-order valence-corrected chi connectivity index (χ3v) is 2.38. The maximum absolute atomic E-state index is 11.2. The summed E-state index contributed by atoms with van der Waals surface area (Å²) in [7, 11) is 0. The zero-order valence-electron chi connectivity index (χ0n) is 9.58. The van der Waals surface area contributed by atoms with E-state index in [1.54, 1.807) is 6.92 Å². The van der Waals surface area contributed by atoms with Gasteiger partial charge in [-0.05, 0) is 20.8 Å². The highest BCUT2D eigenvalue weighted by atomic mass is 16.5. The molecule has 1 fully saturated rings. The first-order valence-corrected chi connectivity index (χ1v) is 5.27. The van der Waals surface area contributed by atoms with Crippen LogP contribution in [0.15, 0.2) is 0 Å². The van der Waals surface area contributed by atoms with E-state index in [1.807, 2.05) is 13.8 Å². The van der Waals surface area contributed by atoms with Gasteiger partial charge in [-0.2, -0.15) is 0 Å². The highest BCUT2D eigenvalue weighted by molar-refractivity contribution is 5.70. The van der Waals surface area contributed by atoms with E-state index in [-0.39, 0.29) is 30.2 Å². The molecule has 1 heterocycles. The Labute approximate surface area is 90.3 Å². The van der Waals surface area contributed by atoms with Gasteiger partial charge in [-0.1, -0.05) is 0 Å². The summed E-state index contributed by atoms with van der Waals surface area (Å²) in [6.07, 6.45) is 0.227. The van der Waals surface area contributed by atoms with Crippen LogP contribution in [0.5, 0.6) is 0 Å². The van der Waals surface area contributed by atoms with E-state index in [1.165, 1.54) is 0 Å². The number of hydrogen-bond acceptors (Lipinski definition) is 5. The minimum atomic E-state index is -0.350. The maximum atomic E-state index is 11.2. The molecular weight excluding hydrogens is 196 g/mol. The van der Waals surface area contributed by atoms with Gasteiger partial charge in [0.05, 0.1) is 19.6 Å². The third-order valence-electron chi connectivity index (χ3n) is 2.38. The maximum Gasteiger partial charge on any atom is 0.307 e. The number of carbonyl (C=O) groups excluding carboxylic acids is 1. The summed E-state index contributed by atoms with van der Waals surface area (Å²) in [5.74, 6) is -0.253. The fourth-order valence-electron chi connectivity index (χ4n) is 1.61. The second kappa shape index (κ2) is 4.92. The van der Waals surface area contributed by atoms with Crippen LogP contribution in [0, 0.1) is 0 Å². The van der Waals surface area contributed by atoms with Crippen LogP contribution >= 0.6 is 0 Å². The van der Waals surface area contributed by atoms with E-state index in [0.29, 0.717) is 13.2 Å². The molecule has 1 rings (SSSR count). The fraction of sp³-hybridized carbons (Fsp3) is 0.900. The molecule has 1 aliphatic heterocycles. The normalized spacial score (nSPS) is 26.3. The van der Waals surface area contributed by atoms with E-state index >= 15 is 0 Å². The largest absolute Gasteiger partial charge is 0.466 e. The van der Waals surface area contributed by atoms with Crippen LogP contribution in [-0.2, 0) is 14.3 Å². The van der Waals surface area contributed by atoms with Crippen molar-refractivity contribution in [2.24, 2.45) is 5.73 Å². The first kappa shape index (κ1) is 12.4. The molecule has 3 N–H and O–H groups in total. The van der Waals surface area contributed by atoms with Gasteiger partial charge in [-0.15, -0.1) is 0 Å². The highest BCUT2D eigenvalue weighted by Gasteiger charge is 2.34. The summed E-state index contributed by atoms with van der Waals surface area (Å²) in [5, 5.41) is 3.22. The van der Waals surface area contributed by atoms with Crippen LogP contribution in [0.25, 0.3) is 0 Å². The molecule has 0 aliphatic carbocycles. The summed E-state index contributed by atoms with van der Waals surface area (Å²) in [6, 6.07) is -0.241. The molecule has 1 unspecified atom stereocenters. The molecule has 0 spiro atoms. The molecule has 1 saturated heterocycles. The molecule has 88 valence electrons. The standard InChI is InChI=1S/C10H20N2O3/c1-4-14-9(13)5-7(11)8-6-15-10(2,3)12-8/h7-8,12H,4-6,11H2,1-3H3/t7?,8-/m1/s1. The fourth-order valence-corrected chi connectivity index (χ4v) is 1.61. The zero-order chi connectivity index (χ0) is 11.5. The lowest BCUT2D eigenvalue weighted by Crippen LogP contribution is -2.48. The molecule has 0 bridgehead atoms. The topological polar surface area (TPSA) is 73.6 Å². The number of rotatable bonds is 4. The molecule has 2 atom stereocenters. The lowest BCUT2D eigenvalue weighted by Gasteiger charge is -2.21. The van der Waals surface area contributed by atoms with Crippen molar-refractivity contribution >= 4 is 5.97 Å². The lowest BCUT2D eigenvalue weighted by atomic mass is 10.1. The Kier molecular flexibility index (Phi) is 4.07. The number of hydrogen-bond donors (Lipinski definition) is 2. The smallest absolute Gasteiger partial charge is 0.307 e. The summed E-state index contributed by atoms with van der Waals surface area (Å²) in [4.78, 5) is 11.2. The predicted octanol–water partition coefficient (Wildman–Crippen LogP) is -0.00860. The summed E-state index contributed by atoms with van der Waals surface area (Å²) in [6.45, 7) is 6.58. The monoisotopic (exact) mass is 216 g/mol. The van der Waals surface area contributed by atoms with E-state index in [9.17, 15) is 4.79 Å². The first-order valence-electron chi connectivity index (χ1n) is 5.27. The number of esters is 1. The minimum absolute atomic E-state index is 0.0180. The van der Waals surface area contributed by atoms with Crippen molar-refractivity contribution in [3.63, 3.8) is 0 Å². The minimum Gasteiger partial charge on any atom is -0.466 e. The van der Waals surface area contributed by atoms with Gasteiger partial charge in [0.1, 0.15) is 5.72 Å². The molecule has 5 nitrogen and oxygen atoms in total. The summed E-state index contributed by atoms with van der Waals surface area (Å²) < 4.78 is 10.3. The summed E-state index contributed by atoms with van der Waals surface area (Å²) >= 11 is 0. The van der Waals surface area contributed by atoms with Crippen molar-refractivity contribution in [1.29, 1.82) is 0 Å². The molecule has 1 aliphatic rings. The number of ether oxygens (including phenoxy) is 2. The van der Waals surface area contributed by atoms with Crippen LogP contribution in [-0.4, -0.2) is 37.0 Å². The van der Waals surface area contributed by atoms with Crippen LogP contribution in [0.4, 0.5) is 0 Å². The van der Waals surface area contributed by atoms with Gasteiger partial charge in [0, 0.05) is 12.1 Å². The van der Waals surface area contributed by atoms with Gasteiger partial charge in [0.15, 0.2) is 0 Å². The molecule has 0 radical (unpaired) electrons. The van der Waals surface area contributed by atoms with Crippen molar-refractivity contribution in [2.45, 2.75) is 45.0 Å². The average molecular weight is 216 g/mol. The number of carbonyl (C=O) groups is 1. The van der Waals surface area contributed by atoms with E-state index in [4.69, 9.17) is 15.2 Å². The number of nitrogens with two attached hydrogens (primary N) is 1. The van der Waals surface area contributed by atoms with E-state index < -0.39 is 0 Å². The van der Waals surface area contributed by atoms with E-state index in [0.717, 1.165) is 0 Å². The lowest BCUT2D eigenvalue weighted by molar-refractivity contribution is -0.143. The number of nitrogens with one attached hydrogen (secondary N) is 1. The Hall–Kier alpha value is -0.650. The van der Waals surface area contributed by atoms with Crippen LogP contribution in [0.1, 0.15) is 27.2 Å². The van der Waals surface area contributed by atoms with Crippen LogP contribution < -0.4 is 11.1 Å². The van der Waals surface area contributed by atoms with E-state index in [2.05, 4.69) is 5.32 Å². The van der Waals surface area contributed by atoms with Crippen molar-refractivity contribution in [2.75, 3.05) is 13.2 Å². The van der Waals surface area contributed by atoms with Gasteiger partial charge in [0.25, 0.3) is 0 Å². The quantitative estimate of drug-likeness (QED) is 0.647. The van der Waals surface area contributed by atoms with Gasteiger partial charge in [0.2, 0.25) is 0 Å². The van der Waals surface area contributed by atoms with Crippen molar-refractivity contribution in [3.05, 3.63) is 0 Å². The first-order chi connectivity index (χ1) is 6.94. The molecule has 0 amide bonds. The molecule has 0 aromatic carbocycles. The van der Waals surface area contributed by atoms with Crippen LogP contribution in [0.3, 0.4) is 0 Å². The summed E-state index contributed by atoms with van der Waals surface area (Å²) in [5.41, 5.74) is 5.54. The van der Waals surface area contributed by atoms with Crippen molar-refractivity contribution in [3.8, 4) is 0 Å². The highest BCUT2D eigenvalue weighted by Crippen LogP contribution is 2.16. The van der Waals surface area contributed by atoms with Crippen molar-refractivity contribution in [1.82, 2.24) is 5.32 Å². The zero-order valence-corrected chi connectivity index (χ0v) is 9.58. The third kappa shape index (κ3) is 3.77.